The second-order valence-electron chi connectivity index (χ2n) is 7.91. The SMILES string of the molecule is CCC(=O)c1ccc(OC[C@@H](O)COc2ccccc2C(=O)c2cnn(-c3ccccc3)c2)cc1. The Kier molecular flexibility index (Phi) is 7.70. The Morgan fingerprint density at radius 3 is 2.31 bits per heavy atom. The molecule has 1 aromatic heterocycles. The van der Waals surface area contributed by atoms with Crippen LogP contribution in [-0.4, -0.2) is 45.8 Å². The number of benzene rings is 3. The summed E-state index contributed by atoms with van der Waals surface area (Å²) in [4.78, 5) is 24.8. The summed E-state index contributed by atoms with van der Waals surface area (Å²) in [5.41, 5.74) is 2.29. The Morgan fingerprint density at radius 1 is 0.886 bits per heavy atom. The average molecular weight is 471 g/mol. The first-order chi connectivity index (χ1) is 17.0. The molecule has 7 heteroatoms. The van der Waals surface area contributed by atoms with Gasteiger partial charge in [0.1, 0.15) is 30.8 Å². The van der Waals surface area contributed by atoms with Crippen molar-refractivity contribution in [2.24, 2.45) is 0 Å². The first-order valence-corrected chi connectivity index (χ1v) is 11.4. The van der Waals surface area contributed by atoms with Crippen LogP contribution < -0.4 is 9.47 Å². The zero-order valence-corrected chi connectivity index (χ0v) is 19.3. The quantitative estimate of drug-likeness (QED) is 0.324. The molecule has 0 radical (unpaired) electrons. The molecule has 0 aliphatic carbocycles. The van der Waals surface area contributed by atoms with Crippen molar-refractivity contribution < 1.29 is 24.2 Å². The Labute approximate surface area is 203 Å². The number of aliphatic hydroxyl groups excluding tert-OH is 1. The first-order valence-electron chi connectivity index (χ1n) is 11.4. The van der Waals surface area contributed by atoms with Crippen LogP contribution in [0, 0.1) is 0 Å². The lowest BCUT2D eigenvalue weighted by Crippen LogP contribution is -2.25. The second kappa shape index (κ2) is 11.3. The number of hydrogen-bond acceptors (Lipinski definition) is 6. The van der Waals surface area contributed by atoms with Crippen molar-refractivity contribution in [1.82, 2.24) is 9.78 Å². The van der Waals surface area contributed by atoms with Gasteiger partial charge in [-0.15, -0.1) is 0 Å². The van der Waals surface area contributed by atoms with E-state index in [2.05, 4.69) is 5.10 Å². The molecule has 0 saturated carbocycles. The fourth-order valence-corrected chi connectivity index (χ4v) is 3.47. The molecule has 35 heavy (non-hydrogen) atoms. The molecule has 0 spiro atoms. The average Bonchev–Trinajstić information content (AvgIpc) is 3.41. The van der Waals surface area contributed by atoms with Crippen LogP contribution in [0.4, 0.5) is 0 Å². The normalized spacial score (nSPS) is 11.6. The van der Waals surface area contributed by atoms with Crippen LogP contribution in [-0.2, 0) is 0 Å². The number of carbonyl (C=O) groups is 2. The third-order valence-electron chi connectivity index (χ3n) is 5.37. The van der Waals surface area contributed by atoms with E-state index in [1.807, 2.05) is 37.3 Å². The Morgan fingerprint density at radius 2 is 1.57 bits per heavy atom. The van der Waals surface area contributed by atoms with E-state index >= 15 is 0 Å². The minimum Gasteiger partial charge on any atom is -0.491 e. The van der Waals surface area contributed by atoms with Crippen molar-refractivity contribution in [2.75, 3.05) is 13.2 Å². The van der Waals surface area contributed by atoms with Gasteiger partial charge >= 0.3 is 0 Å². The Balaban J connectivity index is 1.36. The smallest absolute Gasteiger partial charge is 0.199 e. The molecule has 0 bridgehead atoms. The maximum absolute atomic E-state index is 13.1. The van der Waals surface area contributed by atoms with Gasteiger partial charge in [0.25, 0.3) is 0 Å². The lowest BCUT2D eigenvalue weighted by atomic mass is 10.1. The highest BCUT2D eigenvalue weighted by atomic mass is 16.5. The zero-order chi connectivity index (χ0) is 24.6. The maximum atomic E-state index is 13.1. The highest BCUT2D eigenvalue weighted by Gasteiger charge is 2.18. The van der Waals surface area contributed by atoms with Crippen LogP contribution >= 0.6 is 0 Å². The van der Waals surface area contributed by atoms with Crippen molar-refractivity contribution in [2.45, 2.75) is 19.4 Å². The van der Waals surface area contributed by atoms with Crippen LogP contribution in [0.3, 0.4) is 0 Å². The summed E-state index contributed by atoms with van der Waals surface area (Å²) in [5.74, 6) is 0.745. The fourth-order valence-electron chi connectivity index (χ4n) is 3.47. The molecular formula is C28H26N2O5. The summed E-state index contributed by atoms with van der Waals surface area (Å²) in [6.45, 7) is 1.76. The van der Waals surface area contributed by atoms with E-state index in [1.54, 1.807) is 59.4 Å². The van der Waals surface area contributed by atoms with Gasteiger partial charge in [0.15, 0.2) is 11.6 Å². The molecular weight excluding hydrogens is 444 g/mol. The predicted molar refractivity (Wildman–Crippen MR) is 131 cm³/mol. The number of rotatable bonds is 11. The largest absolute Gasteiger partial charge is 0.491 e. The number of ketones is 2. The lowest BCUT2D eigenvalue weighted by molar-refractivity contribution is 0.0621. The molecule has 0 amide bonds. The Hall–Kier alpha value is -4.23. The van der Waals surface area contributed by atoms with Crippen LogP contribution in [0.25, 0.3) is 5.69 Å². The third-order valence-corrected chi connectivity index (χ3v) is 5.37. The van der Waals surface area contributed by atoms with E-state index in [9.17, 15) is 14.7 Å². The van der Waals surface area contributed by atoms with Gasteiger partial charge in [-0.3, -0.25) is 9.59 Å². The molecule has 4 aromatic rings. The van der Waals surface area contributed by atoms with E-state index in [-0.39, 0.29) is 24.8 Å². The second-order valence-corrected chi connectivity index (χ2v) is 7.91. The van der Waals surface area contributed by atoms with Gasteiger partial charge in [0.05, 0.1) is 23.0 Å². The molecule has 1 N–H and O–H groups in total. The van der Waals surface area contributed by atoms with Gasteiger partial charge < -0.3 is 14.6 Å². The monoisotopic (exact) mass is 470 g/mol. The highest BCUT2D eigenvalue weighted by molar-refractivity contribution is 6.10. The fraction of sp³-hybridized carbons (Fsp3) is 0.179. The summed E-state index contributed by atoms with van der Waals surface area (Å²) in [6, 6.07) is 23.2. The number of nitrogens with zero attached hydrogens (tertiary/aromatic N) is 2. The molecule has 0 saturated heterocycles. The van der Waals surface area contributed by atoms with Gasteiger partial charge in [-0.2, -0.15) is 5.10 Å². The predicted octanol–water partition coefficient (Wildman–Crippen LogP) is 4.51. The van der Waals surface area contributed by atoms with E-state index in [0.717, 1.165) is 5.69 Å². The molecule has 0 unspecified atom stereocenters. The number of para-hydroxylation sites is 2. The number of Topliss-reactive ketones (excluding diaryl/α,β-unsaturated/α-hetero) is 1. The number of aromatic nitrogens is 2. The molecule has 0 fully saturated rings. The summed E-state index contributed by atoms with van der Waals surface area (Å²) in [7, 11) is 0. The highest BCUT2D eigenvalue weighted by Crippen LogP contribution is 2.22. The lowest BCUT2D eigenvalue weighted by Gasteiger charge is -2.15. The van der Waals surface area contributed by atoms with Crippen molar-refractivity contribution in [1.29, 1.82) is 0 Å². The van der Waals surface area contributed by atoms with E-state index in [4.69, 9.17) is 9.47 Å². The van der Waals surface area contributed by atoms with Gasteiger partial charge in [0.2, 0.25) is 0 Å². The van der Waals surface area contributed by atoms with Crippen LogP contribution in [0.5, 0.6) is 11.5 Å². The number of ether oxygens (including phenoxy) is 2. The number of aliphatic hydroxyl groups is 1. The summed E-state index contributed by atoms with van der Waals surface area (Å²) in [6.07, 6.45) is 2.72. The van der Waals surface area contributed by atoms with E-state index in [1.165, 1.54) is 6.20 Å². The van der Waals surface area contributed by atoms with Gasteiger partial charge in [-0.1, -0.05) is 37.3 Å². The number of hydrogen-bond donors (Lipinski definition) is 1. The van der Waals surface area contributed by atoms with Crippen LogP contribution in [0.2, 0.25) is 0 Å². The summed E-state index contributed by atoms with van der Waals surface area (Å²) < 4.78 is 13.0. The molecule has 0 aliphatic heterocycles. The first kappa shape index (κ1) is 23.9. The zero-order valence-electron chi connectivity index (χ0n) is 19.3. The van der Waals surface area contributed by atoms with E-state index < -0.39 is 6.10 Å². The van der Waals surface area contributed by atoms with Gasteiger partial charge in [-0.05, 0) is 48.5 Å². The molecule has 7 nitrogen and oxygen atoms in total. The standard InChI is InChI=1S/C28H26N2O5/c1-2-26(32)20-12-14-24(15-13-20)34-18-23(31)19-35-27-11-7-6-10-25(27)28(33)21-16-29-30(17-21)22-8-4-3-5-9-22/h3-17,23,31H,2,18-19H2,1H3/t23-/m1/s1. The van der Waals surface area contributed by atoms with Crippen molar-refractivity contribution >= 4 is 11.6 Å². The minimum atomic E-state index is -0.920. The number of carbonyl (C=O) groups excluding carboxylic acids is 2. The summed E-state index contributed by atoms with van der Waals surface area (Å²) in [5, 5.41) is 14.6. The Bertz CT molecular complexity index is 1280. The van der Waals surface area contributed by atoms with Crippen LogP contribution in [0.15, 0.2) is 91.3 Å². The van der Waals surface area contributed by atoms with Crippen molar-refractivity contribution in [3.63, 3.8) is 0 Å². The van der Waals surface area contributed by atoms with Gasteiger partial charge in [0, 0.05) is 18.2 Å². The molecule has 0 aliphatic rings. The molecule has 4 rings (SSSR count). The maximum Gasteiger partial charge on any atom is 0.199 e. The topological polar surface area (TPSA) is 90.7 Å². The molecule has 178 valence electrons. The van der Waals surface area contributed by atoms with E-state index in [0.29, 0.717) is 34.6 Å². The molecule has 1 heterocycles. The summed E-state index contributed by atoms with van der Waals surface area (Å²) >= 11 is 0. The minimum absolute atomic E-state index is 0.00102. The van der Waals surface area contributed by atoms with Crippen LogP contribution in [0.1, 0.15) is 39.6 Å². The van der Waals surface area contributed by atoms with Gasteiger partial charge in [-0.25, -0.2) is 4.68 Å². The van der Waals surface area contributed by atoms with Crippen molar-refractivity contribution in [3.05, 3.63) is 108 Å². The van der Waals surface area contributed by atoms with Crippen molar-refractivity contribution in [3.8, 4) is 17.2 Å². The molecule has 3 aromatic carbocycles. The molecule has 1 atom stereocenters. The third kappa shape index (κ3) is 6.02.